The number of benzene rings is 4. The van der Waals surface area contributed by atoms with Crippen LogP contribution in [0.3, 0.4) is 0 Å². The molecule has 0 saturated carbocycles. The molecule has 0 radical (unpaired) electrons. The first-order chi connectivity index (χ1) is 32.6. The number of piperidine rings is 1. The summed E-state index contributed by atoms with van der Waals surface area (Å²) in [5.41, 5.74) is 6.50. The summed E-state index contributed by atoms with van der Waals surface area (Å²) in [6.07, 6.45) is 1.14. The Morgan fingerprint density at radius 3 is 2.21 bits per heavy atom. The number of carbonyl (C=O) groups excluding carboxylic acids is 6. The summed E-state index contributed by atoms with van der Waals surface area (Å²) >= 11 is 0. The zero-order valence-corrected chi connectivity index (χ0v) is 39.1. The van der Waals surface area contributed by atoms with E-state index in [1.54, 1.807) is 54.3 Å². The van der Waals surface area contributed by atoms with Crippen molar-refractivity contribution in [2.45, 2.75) is 91.6 Å². The van der Waals surface area contributed by atoms with E-state index in [1.165, 1.54) is 15.5 Å². The van der Waals surface area contributed by atoms with Crippen LogP contribution in [0.25, 0.3) is 17.1 Å². The number of aromatic nitrogens is 3. The van der Waals surface area contributed by atoms with Gasteiger partial charge in [-0.15, -0.1) is 10.2 Å². The first kappa shape index (κ1) is 47.0. The Bertz CT molecular complexity index is 2810. The van der Waals surface area contributed by atoms with E-state index in [0.29, 0.717) is 67.3 Å². The second-order valence-corrected chi connectivity index (χ2v) is 17.9. The van der Waals surface area contributed by atoms with Crippen LogP contribution >= 0.6 is 0 Å². The molecule has 4 N–H and O–H groups in total. The van der Waals surface area contributed by atoms with Crippen molar-refractivity contribution in [3.63, 3.8) is 0 Å². The van der Waals surface area contributed by atoms with Gasteiger partial charge in [-0.1, -0.05) is 32.9 Å². The molecular weight excluding hydrogens is 869 g/mol. The van der Waals surface area contributed by atoms with E-state index in [-0.39, 0.29) is 84.1 Å². The number of nitrogens with one attached hydrogen (secondary N) is 2. The number of imide groups is 1. The van der Waals surface area contributed by atoms with E-state index in [4.69, 9.17) is 4.74 Å². The number of ether oxygens (including phenoxy) is 1. The monoisotopic (exact) mass is 924 g/mol. The number of hydrogen-bond donors (Lipinski definition) is 4. The number of aryl methyl sites for hydroxylation is 2. The lowest BCUT2D eigenvalue weighted by molar-refractivity contribution is -0.137. The van der Waals surface area contributed by atoms with E-state index < -0.39 is 23.8 Å². The molecule has 5 aromatic rings. The van der Waals surface area contributed by atoms with Gasteiger partial charge in [0, 0.05) is 74.3 Å². The molecule has 4 aromatic carbocycles. The van der Waals surface area contributed by atoms with Crippen LogP contribution in [0.4, 0.5) is 5.69 Å². The van der Waals surface area contributed by atoms with E-state index in [0.717, 1.165) is 27.9 Å². The topological polar surface area (TPSA) is 217 Å². The lowest BCUT2D eigenvalue weighted by Crippen LogP contribution is -2.52. The molecule has 17 heteroatoms. The van der Waals surface area contributed by atoms with Crippen LogP contribution in [-0.2, 0) is 20.9 Å². The van der Waals surface area contributed by atoms with E-state index in [2.05, 4.69) is 25.7 Å². The Balaban J connectivity index is 0.911. The number of phenols is 2. The highest BCUT2D eigenvalue weighted by atomic mass is 16.5. The zero-order chi connectivity index (χ0) is 48.6. The molecule has 2 unspecified atom stereocenters. The third-order valence-corrected chi connectivity index (χ3v) is 13.1. The molecule has 8 rings (SSSR count). The number of fused-ring (bicyclic) bond motifs is 1. The molecule has 5 amide bonds. The van der Waals surface area contributed by atoms with E-state index in [1.807, 2.05) is 52.8 Å². The first-order valence-corrected chi connectivity index (χ1v) is 23.1. The Hall–Kier alpha value is -7.56. The Labute approximate surface area is 394 Å². The first-order valence-electron chi connectivity index (χ1n) is 23.1. The maximum atomic E-state index is 13.8. The zero-order valence-electron chi connectivity index (χ0n) is 39.1. The van der Waals surface area contributed by atoms with Crippen molar-refractivity contribution < 1.29 is 43.7 Å². The normalized spacial score (nSPS) is 16.5. The van der Waals surface area contributed by atoms with Gasteiger partial charge in [-0.05, 0) is 122 Å². The van der Waals surface area contributed by atoms with Crippen molar-refractivity contribution in [3.05, 3.63) is 111 Å². The number of aromatic hydroxyl groups is 2. The second-order valence-electron chi connectivity index (χ2n) is 17.9. The molecule has 2 fully saturated rings. The van der Waals surface area contributed by atoms with Gasteiger partial charge < -0.3 is 35.0 Å². The SMILES string of the molecule is CCNC(=O)c1nnc(-c2cc(C(C)C)c(O)cc2O)n1-c1ccc(C(=O)N2CCN(c3cc(C)c(OC(=O)CC(CC)c4cccc5c4CN(C4CCC(=O)NC4=O)C5=O)c(C)c3)CC2)cc1. The Morgan fingerprint density at radius 2 is 1.56 bits per heavy atom. The van der Waals surface area contributed by atoms with Crippen molar-refractivity contribution in [2.24, 2.45) is 0 Å². The molecule has 354 valence electrons. The number of rotatable bonds is 13. The molecule has 0 bridgehead atoms. The number of hydrogen-bond acceptors (Lipinski definition) is 12. The van der Waals surface area contributed by atoms with Gasteiger partial charge in [0.2, 0.25) is 17.6 Å². The van der Waals surface area contributed by atoms with Crippen LogP contribution in [0, 0.1) is 13.8 Å². The minimum absolute atomic E-state index is 0.00860. The summed E-state index contributed by atoms with van der Waals surface area (Å²) < 4.78 is 7.56. The lowest BCUT2D eigenvalue weighted by Gasteiger charge is -2.36. The van der Waals surface area contributed by atoms with Crippen LogP contribution in [-0.4, -0.2) is 109 Å². The van der Waals surface area contributed by atoms with Crippen molar-refractivity contribution in [2.75, 3.05) is 37.6 Å². The predicted octanol–water partition coefficient (Wildman–Crippen LogP) is 6.05. The molecular formula is C51H56N8O9. The summed E-state index contributed by atoms with van der Waals surface area (Å²) in [6.45, 7) is 14.0. The maximum Gasteiger partial charge on any atom is 0.311 e. The van der Waals surface area contributed by atoms with Crippen LogP contribution in [0.15, 0.2) is 66.7 Å². The molecule has 4 heterocycles. The fourth-order valence-electron chi connectivity index (χ4n) is 9.52. The Morgan fingerprint density at radius 1 is 0.853 bits per heavy atom. The molecule has 3 aliphatic heterocycles. The number of nitrogens with zero attached hydrogens (tertiary/aromatic N) is 6. The number of piperazine rings is 1. The van der Waals surface area contributed by atoms with Crippen LogP contribution in [0.5, 0.6) is 17.2 Å². The predicted molar refractivity (Wildman–Crippen MR) is 252 cm³/mol. The summed E-state index contributed by atoms with van der Waals surface area (Å²) in [5.74, 6) is -2.02. The molecule has 1 aromatic heterocycles. The third kappa shape index (κ3) is 9.12. The van der Waals surface area contributed by atoms with Crippen LogP contribution in [0.1, 0.15) is 124 Å². The lowest BCUT2D eigenvalue weighted by atomic mass is 9.88. The standard InChI is InChI=1S/C51H56N8O9/c1-7-31(35-10-9-11-36-39(35)27-58(51(36)67)40-16-17-43(62)53-48(40)64)24-44(63)68-45-29(5)22-34(23-30(45)6)56-18-20-57(21-19-56)50(66)32-12-14-33(15-13-32)59-46(54-55-47(59)49(65)52-8-2)38-25-37(28(3)4)41(60)26-42(38)61/h9-15,22-23,25-26,28,31,40,60-61H,7-8,16-21,24,27H2,1-6H3,(H,52,65)(H,53,62,64). The summed E-state index contributed by atoms with van der Waals surface area (Å²) in [7, 11) is 0. The van der Waals surface area contributed by atoms with Gasteiger partial charge in [0.15, 0.2) is 5.82 Å². The fraction of sp³-hybridized carbons (Fsp3) is 0.373. The molecule has 3 aliphatic rings. The summed E-state index contributed by atoms with van der Waals surface area (Å²) in [5, 5.41) is 34.9. The number of anilines is 1. The number of carbonyl (C=O) groups is 6. The molecule has 0 aliphatic carbocycles. The van der Waals surface area contributed by atoms with Gasteiger partial charge in [-0.3, -0.25) is 38.7 Å². The average molecular weight is 925 g/mol. The largest absolute Gasteiger partial charge is 0.508 e. The van der Waals surface area contributed by atoms with E-state index in [9.17, 15) is 39.0 Å². The van der Waals surface area contributed by atoms with Crippen molar-refractivity contribution in [3.8, 4) is 34.3 Å². The minimum atomic E-state index is -0.731. The van der Waals surface area contributed by atoms with Crippen molar-refractivity contribution in [1.29, 1.82) is 0 Å². The average Bonchev–Trinajstić information content (AvgIpc) is 3.90. The van der Waals surface area contributed by atoms with Crippen molar-refractivity contribution in [1.82, 2.24) is 35.2 Å². The quantitative estimate of drug-likeness (QED) is 0.0604. The van der Waals surface area contributed by atoms with Gasteiger partial charge in [0.05, 0.1) is 12.0 Å². The molecule has 2 saturated heterocycles. The van der Waals surface area contributed by atoms with Gasteiger partial charge in [0.25, 0.3) is 17.7 Å². The summed E-state index contributed by atoms with van der Waals surface area (Å²) in [6, 6.07) is 18.4. The van der Waals surface area contributed by atoms with Gasteiger partial charge in [-0.25, -0.2) is 0 Å². The number of phenolic OH excluding ortho intramolecular Hbond substituents is 2. The highest BCUT2D eigenvalue weighted by molar-refractivity contribution is 6.05. The maximum absolute atomic E-state index is 13.8. The number of esters is 1. The van der Waals surface area contributed by atoms with Crippen molar-refractivity contribution >= 4 is 41.2 Å². The smallest absolute Gasteiger partial charge is 0.311 e. The molecule has 0 spiro atoms. The Kier molecular flexibility index (Phi) is 13.4. The van der Waals surface area contributed by atoms with Gasteiger partial charge >= 0.3 is 5.97 Å². The molecule has 2 atom stereocenters. The molecule has 68 heavy (non-hydrogen) atoms. The highest BCUT2D eigenvalue weighted by Crippen LogP contribution is 2.39. The van der Waals surface area contributed by atoms with Crippen LogP contribution < -0.4 is 20.3 Å². The minimum Gasteiger partial charge on any atom is -0.508 e. The highest BCUT2D eigenvalue weighted by Gasteiger charge is 2.40. The second kappa shape index (κ2) is 19.3. The van der Waals surface area contributed by atoms with E-state index >= 15 is 0 Å². The molecule has 17 nitrogen and oxygen atoms in total. The third-order valence-electron chi connectivity index (χ3n) is 13.1. The van der Waals surface area contributed by atoms with Crippen LogP contribution in [0.2, 0.25) is 0 Å². The summed E-state index contributed by atoms with van der Waals surface area (Å²) in [4.78, 5) is 84.0. The van der Waals surface area contributed by atoms with Gasteiger partial charge in [-0.2, -0.15) is 0 Å². The number of amides is 5. The van der Waals surface area contributed by atoms with Gasteiger partial charge in [0.1, 0.15) is 23.3 Å². The fourth-order valence-corrected chi connectivity index (χ4v) is 9.52.